The first-order valence-corrected chi connectivity index (χ1v) is 5.54. The fourth-order valence-electron chi connectivity index (χ4n) is 1.95. The minimum atomic E-state index is -0.274. The van der Waals surface area contributed by atoms with Gasteiger partial charge < -0.3 is 4.42 Å². The van der Waals surface area contributed by atoms with E-state index in [1.807, 2.05) is 19.1 Å². The van der Waals surface area contributed by atoms with Gasteiger partial charge in [-0.1, -0.05) is 19.1 Å². The van der Waals surface area contributed by atoms with Crippen molar-refractivity contribution >= 4 is 0 Å². The summed E-state index contributed by atoms with van der Waals surface area (Å²) in [5.41, 5.74) is 4.42. The summed E-state index contributed by atoms with van der Waals surface area (Å²) in [4.78, 5) is 0. The molecule has 0 fully saturated rings. The van der Waals surface area contributed by atoms with Crippen LogP contribution in [-0.2, 0) is 6.42 Å². The lowest BCUT2D eigenvalue weighted by Crippen LogP contribution is -2.29. The van der Waals surface area contributed by atoms with Crippen LogP contribution in [0.3, 0.4) is 0 Å². The zero-order valence-electron chi connectivity index (χ0n) is 9.61. The second kappa shape index (κ2) is 5.12. The maximum atomic E-state index is 13.2. The normalized spacial score (nSPS) is 12.6. The molecular weight excluding hydrogens is 219 g/mol. The second-order valence-corrected chi connectivity index (χ2v) is 3.81. The Morgan fingerprint density at radius 2 is 2.24 bits per heavy atom. The molecule has 0 radical (unpaired) electrons. The molecule has 0 amide bonds. The lowest BCUT2D eigenvalue weighted by Gasteiger charge is -2.16. The Balaban J connectivity index is 2.40. The summed E-state index contributed by atoms with van der Waals surface area (Å²) in [5, 5.41) is 0. The van der Waals surface area contributed by atoms with E-state index >= 15 is 0 Å². The van der Waals surface area contributed by atoms with Crippen LogP contribution in [0.4, 0.5) is 4.39 Å². The molecule has 1 unspecified atom stereocenters. The lowest BCUT2D eigenvalue weighted by atomic mass is 9.99. The van der Waals surface area contributed by atoms with Gasteiger partial charge in [-0.2, -0.15) is 0 Å². The molecule has 4 heteroatoms. The monoisotopic (exact) mass is 234 g/mol. The summed E-state index contributed by atoms with van der Waals surface area (Å²) < 4.78 is 18.6. The minimum Gasteiger partial charge on any atom is -0.469 e. The summed E-state index contributed by atoms with van der Waals surface area (Å²) in [6.07, 6.45) is 2.40. The fourth-order valence-corrected chi connectivity index (χ4v) is 1.95. The molecule has 17 heavy (non-hydrogen) atoms. The number of nitrogens with two attached hydrogens (primary N) is 1. The van der Waals surface area contributed by atoms with E-state index in [2.05, 4.69) is 5.43 Å². The average molecular weight is 234 g/mol. The van der Waals surface area contributed by atoms with Crippen molar-refractivity contribution in [2.75, 3.05) is 0 Å². The van der Waals surface area contributed by atoms with Gasteiger partial charge in [0.2, 0.25) is 0 Å². The number of furan rings is 1. The van der Waals surface area contributed by atoms with Crippen molar-refractivity contribution in [3.8, 4) is 0 Å². The van der Waals surface area contributed by atoms with Crippen LogP contribution in [0.15, 0.2) is 41.0 Å². The van der Waals surface area contributed by atoms with E-state index in [-0.39, 0.29) is 11.9 Å². The number of hydrogen-bond donors (Lipinski definition) is 2. The van der Waals surface area contributed by atoms with Gasteiger partial charge in [0.05, 0.1) is 12.3 Å². The SMILES string of the molecule is CCc1occc1C(NN)c1cccc(F)c1. The molecule has 2 aromatic rings. The summed E-state index contributed by atoms with van der Waals surface area (Å²) in [5.74, 6) is 6.14. The van der Waals surface area contributed by atoms with E-state index in [0.29, 0.717) is 0 Å². The molecule has 2 rings (SSSR count). The number of aryl methyl sites for hydroxylation is 1. The van der Waals surface area contributed by atoms with Crippen LogP contribution in [0.25, 0.3) is 0 Å². The van der Waals surface area contributed by atoms with Gasteiger partial charge in [0.15, 0.2) is 0 Å². The third-order valence-electron chi connectivity index (χ3n) is 2.76. The zero-order valence-corrected chi connectivity index (χ0v) is 9.61. The standard InChI is InChI=1S/C13H15FN2O/c1-2-12-11(6-7-17-12)13(16-15)9-4-3-5-10(14)8-9/h3-8,13,16H,2,15H2,1H3. The molecule has 0 bridgehead atoms. The lowest BCUT2D eigenvalue weighted by molar-refractivity contribution is 0.501. The molecule has 1 atom stereocenters. The maximum Gasteiger partial charge on any atom is 0.123 e. The molecule has 3 nitrogen and oxygen atoms in total. The van der Waals surface area contributed by atoms with Gasteiger partial charge in [-0.25, -0.2) is 9.82 Å². The van der Waals surface area contributed by atoms with E-state index in [1.165, 1.54) is 12.1 Å². The van der Waals surface area contributed by atoms with E-state index < -0.39 is 0 Å². The number of rotatable bonds is 4. The van der Waals surface area contributed by atoms with Crippen LogP contribution in [0.1, 0.15) is 29.9 Å². The molecule has 1 heterocycles. The molecule has 0 spiro atoms. The number of nitrogens with one attached hydrogen (secondary N) is 1. The Hall–Kier alpha value is -1.65. The highest BCUT2D eigenvalue weighted by Gasteiger charge is 2.17. The first-order chi connectivity index (χ1) is 8.26. The van der Waals surface area contributed by atoms with Gasteiger partial charge >= 0.3 is 0 Å². The van der Waals surface area contributed by atoms with Crippen LogP contribution in [0.5, 0.6) is 0 Å². The highest BCUT2D eigenvalue weighted by atomic mass is 19.1. The van der Waals surface area contributed by atoms with E-state index in [1.54, 1.807) is 12.3 Å². The van der Waals surface area contributed by atoms with Crippen molar-refractivity contribution in [1.29, 1.82) is 0 Å². The quantitative estimate of drug-likeness (QED) is 0.631. The van der Waals surface area contributed by atoms with Crippen LogP contribution < -0.4 is 11.3 Å². The van der Waals surface area contributed by atoms with Crippen molar-refractivity contribution < 1.29 is 8.81 Å². The number of hydrogen-bond acceptors (Lipinski definition) is 3. The molecule has 3 N–H and O–H groups in total. The van der Waals surface area contributed by atoms with Gasteiger partial charge in [0.25, 0.3) is 0 Å². The van der Waals surface area contributed by atoms with Gasteiger partial charge in [0, 0.05) is 12.0 Å². The highest BCUT2D eigenvalue weighted by molar-refractivity contribution is 5.33. The largest absolute Gasteiger partial charge is 0.469 e. The maximum absolute atomic E-state index is 13.2. The summed E-state index contributed by atoms with van der Waals surface area (Å²) in [7, 11) is 0. The molecule has 0 aliphatic rings. The smallest absolute Gasteiger partial charge is 0.123 e. The Morgan fingerprint density at radius 1 is 1.41 bits per heavy atom. The van der Waals surface area contributed by atoms with Crippen molar-refractivity contribution in [1.82, 2.24) is 5.43 Å². The molecule has 1 aromatic heterocycles. The molecule has 0 aliphatic carbocycles. The predicted molar refractivity (Wildman–Crippen MR) is 63.7 cm³/mol. The summed E-state index contributed by atoms with van der Waals surface area (Å²) in [6.45, 7) is 2.00. The molecule has 90 valence electrons. The van der Waals surface area contributed by atoms with Gasteiger partial charge in [-0.15, -0.1) is 0 Å². The van der Waals surface area contributed by atoms with Crippen LogP contribution >= 0.6 is 0 Å². The third kappa shape index (κ3) is 2.38. The van der Waals surface area contributed by atoms with Gasteiger partial charge in [-0.3, -0.25) is 5.84 Å². The predicted octanol–water partition coefficient (Wildman–Crippen LogP) is 2.53. The van der Waals surface area contributed by atoms with Crippen LogP contribution in [0.2, 0.25) is 0 Å². The Morgan fingerprint density at radius 3 is 2.88 bits per heavy atom. The molecular formula is C13H15FN2O. The first-order valence-electron chi connectivity index (χ1n) is 5.54. The zero-order chi connectivity index (χ0) is 12.3. The fraction of sp³-hybridized carbons (Fsp3) is 0.231. The molecule has 1 aromatic carbocycles. The van der Waals surface area contributed by atoms with Crippen molar-refractivity contribution in [2.45, 2.75) is 19.4 Å². The minimum absolute atomic E-state index is 0.251. The van der Waals surface area contributed by atoms with E-state index in [0.717, 1.165) is 23.3 Å². The first kappa shape index (κ1) is 11.8. The topological polar surface area (TPSA) is 51.2 Å². The summed E-state index contributed by atoms with van der Waals surface area (Å²) >= 11 is 0. The molecule has 0 aliphatic heterocycles. The van der Waals surface area contributed by atoms with Gasteiger partial charge in [-0.05, 0) is 23.8 Å². The van der Waals surface area contributed by atoms with Crippen molar-refractivity contribution in [2.24, 2.45) is 5.84 Å². The average Bonchev–Trinajstić information content (AvgIpc) is 2.78. The highest BCUT2D eigenvalue weighted by Crippen LogP contribution is 2.26. The Bertz CT molecular complexity index is 496. The van der Waals surface area contributed by atoms with Crippen molar-refractivity contribution in [3.05, 3.63) is 59.3 Å². The second-order valence-electron chi connectivity index (χ2n) is 3.81. The Labute approximate surface area is 99.4 Å². The molecule has 0 saturated heterocycles. The summed E-state index contributed by atoms with van der Waals surface area (Å²) in [6, 6.07) is 7.98. The number of hydrazine groups is 1. The van der Waals surface area contributed by atoms with Crippen LogP contribution in [-0.4, -0.2) is 0 Å². The van der Waals surface area contributed by atoms with E-state index in [9.17, 15) is 4.39 Å². The van der Waals surface area contributed by atoms with Crippen LogP contribution in [0, 0.1) is 5.82 Å². The van der Waals surface area contributed by atoms with E-state index in [4.69, 9.17) is 10.3 Å². The number of benzene rings is 1. The van der Waals surface area contributed by atoms with Crippen molar-refractivity contribution in [3.63, 3.8) is 0 Å². The third-order valence-corrected chi connectivity index (χ3v) is 2.76. The van der Waals surface area contributed by atoms with Gasteiger partial charge in [0.1, 0.15) is 11.6 Å². The molecule has 0 saturated carbocycles. The number of halogens is 1. The Kier molecular flexibility index (Phi) is 3.56.